The van der Waals surface area contributed by atoms with Crippen molar-refractivity contribution in [1.82, 2.24) is 9.80 Å². The van der Waals surface area contributed by atoms with E-state index in [2.05, 4.69) is 0 Å². The van der Waals surface area contributed by atoms with E-state index in [4.69, 9.17) is 13.6 Å². The minimum absolute atomic E-state index is 0.199. The van der Waals surface area contributed by atoms with E-state index in [9.17, 15) is 14.4 Å². The van der Waals surface area contributed by atoms with Crippen molar-refractivity contribution in [2.24, 2.45) is 0 Å². The summed E-state index contributed by atoms with van der Waals surface area (Å²) in [4.78, 5) is 40.6. The van der Waals surface area contributed by atoms with Crippen LogP contribution in [0.3, 0.4) is 0 Å². The number of carbonyl (C=O) groups excluding carboxylic acids is 2. The van der Waals surface area contributed by atoms with E-state index >= 15 is 0 Å². The lowest BCUT2D eigenvalue weighted by molar-refractivity contribution is 0.0519. The van der Waals surface area contributed by atoms with Gasteiger partial charge in [-0.2, -0.15) is 0 Å². The molecule has 2 aromatic heterocycles. The van der Waals surface area contributed by atoms with Crippen molar-refractivity contribution in [3.05, 3.63) is 64.4 Å². The van der Waals surface area contributed by atoms with E-state index < -0.39 is 5.63 Å². The number of hydrogen-bond acceptors (Lipinski definition) is 6. The van der Waals surface area contributed by atoms with Crippen molar-refractivity contribution < 1.29 is 23.2 Å². The van der Waals surface area contributed by atoms with Crippen LogP contribution in [-0.4, -0.2) is 54.9 Å². The van der Waals surface area contributed by atoms with Crippen molar-refractivity contribution in [2.75, 3.05) is 33.3 Å². The van der Waals surface area contributed by atoms with Crippen molar-refractivity contribution in [3.8, 4) is 5.75 Å². The van der Waals surface area contributed by atoms with Gasteiger partial charge < -0.3 is 23.4 Å². The molecule has 28 heavy (non-hydrogen) atoms. The molecule has 4 rings (SSSR count). The van der Waals surface area contributed by atoms with Crippen LogP contribution >= 0.6 is 0 Å². The van der Waals surface area contributed by atoms with Gasteiger partial charge in [0.25, 0.3) is 11.8 Å². The highest BCUT2D eigenvalue weighted by atomic mass is 16.5. The fourth-order valence-electron chi connectivity index (χ4n) is 3.29. The van der Waals surface area contributed by atoms with Crippen LogP contribution in [0.1, 0.15) is 20.9 Å². The average Bonchev–Trinajstić information content (AvgIpc) is 3.26. The fraction of sp³-hybridized carbons (Fsp3) is 0.250. The van der Waals surface area contributed by atoms with Crippen LogP contribution in [0.5, 0.6) is 5.75 Å². The topological polar surface area (TPSA) is 93.2 Å². The first kappa shape index (κ1) is 17.8. The molecule has 0 bridgehead atoms. The molecule has 2 amide bonds. The van der Waals surface area contributed by atoms with Crippen LogP contribution in [0.2, 0.25) is 0 Å². The van der Waals surface area contributed by atoms with Gasteiger partial charge in [0, 0.05) is 43.7 Å². The highest BCUT2D eigenvalue weighted by molar-refractivity contribution is 6.05. The summed E-state index contributed by atoms with van der Waals surface area (Å²) in [7, 11) is 1.51. The largest absolute Gasteiger partial charge is 0.497 e. The Balaban J connectivity index is 1.54. The molecule has 1 aliphatic heterocycles. The van der Waals surface area contributed by atoms with Crippen molar-refractivity contribution in [1.29, 1.82) is 0 Å². The van der Waals surface area contributed by atoms with E-state index in [-0.39, 0.29) is 23.1 Å². The molecule has 1 aliphatic rings. The lowest BCUT2D eigenvalue weighted by Crippen LogP contribution is -2.50. The first-order chi connectivity index (χ1) is 13.6. The number of ether oxygens (including phenoxy) is 1. The van der Waals surface area contributed by atoms with Crippen LogP contribution in [0, 0.1) is 0 Å². The molecule has 0 unspecified atom stereocenters. The summed E-state index contributed by atoms with van der Waals surface area (Å²) in [5.74, 6) is 0.342. The van der Waals surface area contributed by atoms with Crippen LogP contribution in [0.4, 0.5) is 0 Å². The molecular formula is C20H18N2O6. The summed E-state index contributed by atoms with van der Waals surface area (Å²) < 4.78 is 15.5. The minimum Gasteiger partial charge on any atom is -0.497 e. The molecule has 0 spiro atoms. The van der Waals surface area contributed by atoms with Crippen LogP contribution in [0.15, 0.2) is 56.3 Å². The zero-order valence-corrected chi connectivity index (χ0v) is 15.2. The predicted octanol–water partition coefficient (Wildman–Crippen LogP) is 1.99. The number of carbonyl (C=O) groups is 2. The second-order valence-electron chi connectivity index (χ2n) is 6.40. The zero-order valence-electron chi connectivity index (χ0n) is 15.2. The smallest absolute Gasteiger partial charge is 0.337 e. The van der Waals surface area contributed by atoms with Gasteiger partial charge in [-0.3, -0.25) is 9.59 Å². The Morgan fingerprint density at radius 2 is 1.71 bits per heavy atom. The van der Waals surface area contributed by atoms with Crippen molar-refractivity contribution in [3.63, 3.8) is 0 Å². The van der Waals surface area contributed by atoms with Crippen LogP contribution in [0.25, 0.3) is 11.0 Å². The number of piperazine rings is 1. The van der Waals surface area contributed by atoms with Gasteiger partial charge in [-0.1, -0.05) is 0 Å². The summed E-state index contributed by atoms with van der Waals surface area (Å²) in [5, 5.41) is 0.541. The number of rotatable bonds is 3. The number of furan rings is 1. The molecule has 8 nitrogen and oxygen atoms in total. The molecule has 8 heteroatoms. The van der Waals surface area contributed by atoms with Gasteiger partial charge in [0.15, 0.2) is 5.76 Å². The van der Waals surface area contributed by atoms with Gasteiger partial charge in [0.2, 0.25) is 0 Å². The molecule has 3 aromatic rings. The third kappa shape index (κ3) is 3.24. The summed E-state index contributed by atoms with van der Waals surface area (Å²) in [6, 6.07) is 9.46. The Kier molecular flexibility index (Phi) is 4.60. The molecule has 1 saturated heterocycles. The monoisotopic (exact) mass is 382 g/mol. The number of benzene rings is 1. The maximum Gasteiger partial charge on any atom is 0.337 e. The molecule has 144 valence electrons. The van der Waals surface area contributed by atoms with Gasteiger partial charge in [-0.25, -0.2) is 4.79 Å². The SMILES string of the molecule is COc1ccc2c(C(=O)N3CCN(C(=O)c4ccco4)CC3)cc(=O)oc2c1. The fourth-order valence-corrected chi connectivity index (χ4v) is 3.29. The molecule has 3 heterocycles. The summed E-state index contributed by atoms with van der Waals surface area (Å²) in [6.45, 7) is 1.50. The first-order valence-electron chi connectivity index (χ1n) is 8.81. The Hall–Kier alpha value is -3.55. The van der Waals surface area contributed by atoms with Gasteiger partial charge in [0.1, 0.15) is 11.3 Å². The first-order valence-corrected chi connectivity index (χ1v) is 8.81. The quantitative estimate of drug-likeness (QED) is 0.643. The molecule has 1 fully saturated rings. The third-order valence-electron chi connectivity index (χ3n) is 4.77. The number of nitrogens with zero attached hydrogens (tertiary/aromatic N) is 2. The number of fused-ring (bicyclic) bond motifs is 1. The Morgan fingerprint density at radius 1 is 1.00 bits per heavy atom. The molecule has 0 N–H and O–H groups in total. The van der Waals surface area contributed by atoms with E-state index in [0.29, 0.717) is 42.9 Å². The Labute approximate surface area is 159 Å². The maximum atomic E-state index is 13.0. The maximum absolute atomic E-state index is 13.0. The molecule has 0 radical (unpaired) electrons. The Morgan fingerprint density at radius 3 is 2.36 bits per heavy atom. The van der Waals surface area contributed by atoms with E-state index in [1.54, 1.807) is 40.1 Å². The standard InChI is InChI=1S/C20H18N2O6/c1-26-13-4-5-14-15(12-18(23)28-17(14)11-13)19(24)21-6-8-22(9-7-21)20(25)16-3-2-10-27-16/h2-5,10-12H,6-9H2,1H3. The van der Waals surface area contributed by atoms with Crippen LogP contribution in [-0.2, 0) is 0 Å². The number of hydrogen-bond donors (Lipinski definition) is 0. The van der Waals surface area contributed by atoms with E-state index in [1.807, 2.05) is 0 Å². The van der Waals surface area contributed by atoms with Gasteiger partial charge in [-0.05, 0) is 24.3 Å². The third-order valence-corrected chi connectivity index (χ3v) is 4.77. The number of amides is 2. The van der Waals surface area contributed by atoms with Gasteiger partial charge in [-0.15, -0.1) is 0 Å². The minimum atomic E-state index is -0.601. The molecule has 0 saturated carbocycles. The van der Waals surface area contributed by atoms with Crippen molar-refractivity contribution >= 4 is 22.8 Å². The zero-order chi connectivity index (χ0) is 19.7. The van der Waals surface area contributed by atoms with Crippen molar-refractivity contribution in [2.45, 2.75) is 0 Å². The normalized spacial score (nSPS) is 14.3. The highest BCUT2D eigenvalue weighted by Gasteiger charge is 2.27. The highest BCUT2D eigenvalue weighted by Crippen LogP contribution is 2.24. The second kappa shape index (κ2) is 7.22. The summed E-state index contributed by atoms with van der Waals surface area (Å²) in [5.41, 5.74) is -0.0303. The molecule has 0 atom stereocenters. The summed E-state index contributed by atoms with van der Waals surface area (Å²) >= 11 is 0. The lowest BCUT2D eigenvalue weighted by atomic mass is 10.1. The molecule has 0 aliphatic carbocycles. The molecular weight excluding hydrogens is 364 g/mol. The van der Waals surface area contributed by atoms with Gasteiger partial charge in [0.05, 0.1) is 18.9 Å². The van der Waals surface area contributed by atoms with Gasteiger partial charge >= 0.3 is 5.63 Å². The predicted molar refractivity (Wildman–Crippen MR) is 99.6 cm³/mol. The lowest BCUT2D eigenvalue weighted by Gasteiger charge is -2.34. The molecule has 1 aromatic carbocycles. The second-order valence-corrected chi connectivity index (χ2v) is 6.40. The van der Waals surface area contributed by atoms with E-state index in [0.717, 1.165) is 0 Å². The Bertz CT molecular complexity index is 1080. The summed E-state index contributed by atoms with van der Waals surface area (Å²) in [6.07, 6.45) is 1.45. The van der Waals surface area contributed by atoms with Crippen LogP contribution < -0.4 is 10.4 Å². The van der Waals surface area contributed by atoms with E-state index in [1.165, 1.54) is 19.4 Å². The number of methoxy groups -OCH3 is 1. The average molecular weight is 382 g/mol.